The van der Waals surface area contributed by atoms with Gasteiger partial charge in [0, 0.05) is 7.05 Å². The molecule has 1 atom stereocenters. The highest BCUT2D eigenvalue weighted by Crippen LogP contribution is 2.18. The second-order valence-electron chi connectivity index (χ2n) is 2.74. The second-order valence-corrected chi connectivity index (χ2v) is 2.74. The molecule has 0 aromatic rings. The third kappa shape index (κ3) is 2.40. The minimum absolute atomic E-state index is 0.650. The van der Waals surface area contributed by atoms with Crippen LogP contribution in [0.2, 0.25) is 0 Å². The minimum atomic E-state index is -0.650. The molecule has 0 aromatic heterocycles. The van der Waals surface area contributed by atoms with Gasteiger partial charge in [-0.25, -0.2) is 0 Å². The lowest BCUT2D eigenvalue weighted by molar-refractivity contribution is 0.0940. The van der Waals surface area contributed by atoms with Gasteiger partial charge in [-0.1, -0.05) is 6.92 Å². The van der Waals surface area contributed by atoms with Crippen molar-refractivity contribution in [2.45, 2.75) is 32.8 Å². The fourth-order valence-electron chi connectivity index (χ4n) is 0.651. The van der Waals surface area contributed by atoms with Gasteiger partial charge in [-0.2, -0.15) is 0 Å². The molecule has 0 saturated heterocycles. The Balaban J connectivity index is 4.17. The van der Waals surface area contributed by atoms with E-state index in [2.05, 4.69) is 5.32 Å². The number of rotatable bonds is 3. The van der Waals surface area contributed by atoms with Gasteiger partial charge in [-0.15, -0.1) is 0 Å². The predicted octanol–water partition coefficient (Wildman–Crippen LogP) is 1.27. The Kier molecular flexibility index (Phi) is 3.43. The SMILES string of the molecule is CC[C@](C)(O)/C(C)=C/NC. The molecule has 0 aliphatic heterocycles. The van der Waals surface area contributed by atoms with Gasteiger partial charge >= 0.3 is 0 Å². The first-order valence-corrected chi connectivity index (χ1v) is 3.61. The van der Waals surface area contributed by atoms with Crippen LogP contribution >= 0.6 is 0 Å². The zero-order valence-corrected chi connectivity index (χ0v) is 7.23. The van der Waals surface area contributed by atoms with E-state index in [1.165, 1.54) is 0 Å². The van der Waals surface area contributed by atoms with Gasteiger partial charge in [0.25, 0.3) is 0 Å². The third-order valence-corrected chi connectivity index (χ3v) is 1.90. The summed E-state index contributed by atoms with van der Waals surface area (Å²) in [6.45, 7) is 5.70. The summed E-state index contributed by atoms with van der Waals surface area (Å²) < 4.78 is 0. The smallest absolute Gasteiger partial charge is 0.0840 e. The summed E-state index contributed by atoms with van der Waals surface area (Å²) in [5.74, 6) is 0. The lowest BCUT2D eigenvalue weighted by Crippen LogP contribution is -2.25. The molecule has 0 radical (unpaired) electrons. The van der Waals surface area contributed by atoms with Gasteiger partial charge in [0.15, 0.2) is 0 Å². The van der Waals surface area contributed by atoms with Gasteiger partial charge in [0.2, 0.25) is 0 Å². The Hall–Kier alpha value is -0.500. The van der Waals surface area contributed by atoms with E-state index in [9.17, 15) is 5.11 Å². The largest absolute Gasteiger partial charge is 0.394 e. The molecule has 0 rings (SSSR count). The molecule has 0 bridgehead atoms. The summed E-state index contributed by atoms with van der Waals surface area (Å²) in [7, 11) is 1.83. The van der Waals surface area contributed by atoms with E-state index >= 15 is 0 Å². The second kappa shape index (κ2) is 3.62. The Labute approximate surface area is 62.9 Å². The average Bonchev–Trinajstić information content (AvgIpc) is 1.89. The van der Waals surface area contributed by atoms with E-state index in [0.29, 0.717) is 0 Å². The lowest BCUT2D eigenvalue weighted by atomic mass is 9.95. The molecule has 2 nitrogen and oxygen atoms in total. The molecule has 0 unspecified atom stereocenters. The molecular weight excluding hydrogens is 126 g/mol. The molecule has 0 fully saturated rings. The van der Waals surface area contributed by atoms with Crippen LogP contribution in [0, 0.1) is 0 Å². The number of aliphatic hydroxyl groups is 1. The molecule has 0 spiro atoms. The highest BCUT2D eigenvalue weighted by Gasteiger charge is 2.18. The van der Waals surface area contributed by atoms with Gasteiger partial charge in [-0.3, -0.25) is 0 Å². The van der Waals surface area contributed by atoms with Crippen molar-refractivity contribution >= 4 is 0 Å². The number of nitrogens with one attached hydrogen (secondary N) is 1. The van der Waals surface area contributed by atoms with Crippen molar-refractivity contribution in [2.24, 2.45) is 0 Å². The van der Waals surface area contributed by atoms with Crippen molar-refractivity contribution in [3.63, 3.8) is 0 Å². The maximum absolute atomic E-state index is 9.61. The Morgan fingerprint density at radius 2 is 2.20 bits per heavy atom. The molecule has 2 heteroatoms. The maximum atomic E-state index is 9.61. The monoisotopic (exact) mass is 143 g/mol. The van der Waals surface area contributed by atoms with E-state index < -0.39 is 5.60 Å². The van der Waals surface area contributed by atoms with E-state index in [4.69, 9.17) is 0 Å². The van der Waals surface area contributed by atoms with Crippen LogP contribution < -0.4 is 5.32 Å². The molecule has 2 N–H and O–H groups in total. The van der Waals surface area contributed by atoms with Crippen LogP contribution in [-0.2, 0) is 0 Å². The third-order valence-electron chi connectivity index (χ3n) is 1.90. The quantitative estimate of drug-likeness (QED) is 0.623. The molecule has 0 aliphatic carbocycles. The molecule has 0 aromatic carbocycles. The summed E-state index contributed by atoms with van der Waals surface area (Å²) >= 11 is 0. The normalized spacial score (nSPS) is 18.3. The molecule has 0 heterocycles. The summed E-state index contributed by atoms with van der Waals surface area (Å²) in [5, 5.41) is 12.5. The first kappa shape index (κ1) is 9.50. The maximum Gasteiger partial charge on any atom is 0.0840 e. The molecular formula is C8H17NO. The highest BCUT2D eigenvalue weighted by atomic mass is 16.3. The number of hydrogen-bond acceptors (Lipinski definition) is 2. The molecule has 0 saturated carbocycles. The Bertz CT molecular complexity index is 127. The predicted molar refractivity (Wildman–Crippen MR) is 43.7 cm³/mol. The van der Waals surface area contributed by atoms with Crippen LogP contribution in [0.3, 0.4) is 0 Å². The van der Waals surface area contributed by atoms with Gasteiger partial charge in [-0.05, 0) is 32.0 Å². The fraction of sp³-hybridized carbons (Fsp3) is 0.750. The Morgan fingerprint density at radius 3 is 2.50 bits per heavy atom. The van der Waals surface area contributed by atoms with Crippen molar-refractivity contribution in [3.8, 4) is 0 Å². The fourth-order valence-corrected chi connectivity index (χ4v) is 0.651. The minimum Gasteiger partial charge on any atom is -0.394 e. The summed E-state index contributed by atoms with van der Waals surface area (Å²) in [4.78, 5) is 0. The van der Waals surface area contributed by atoms with Crippen LogP contribution in [0.15, 0.2) is 11.8 Å². The average molecular weight is 143 g/mol. The zero-order valence-electron chi connectivity index (χ0n) is 7.23. The van der Waals surface area contributed by atoms with Crippen LogP contribution in [0.5, 0.6) is 0 Å². The lowest BCUT2D eigenvalue weighted by Gasteiger charge is -2.21. The van der Waals surface area contributed by atoms with Crippen LogP contribution in [0.25, 0.3) is 0 Å². The summed E-state index contributed by atoms with van der Waals surface area (Å²) in [6, 6.07) is 0. The van der Waals surface area contributed by atoms with Crippen LogP contribution in [0.1, 0.15) is 27.2 Å². The van der Waals surface area contributed by atoms with Gasteiger partial charge in [0.1, 0.15) is 0 Å². The van der Waals surface area contributed by atoms with E-state index in [1.807, 2.05) is 34.0 Å². The number of hydrogen-bond donors (Lipinski definition) is 2. The van der Waals surface area contributed by atoms with Crippen molar-refractivity contribution < 1.29 is 5.11 Å². The standard InChI is InChI=1S/C8H17NO/c1-5-8(3,10)7(2)6-9-4/h6,9-10H,5H2,1-4H3/b7-6+/t8-/m0/s1. The first-order chi connectivity index (χ1) is 4.54. The van der Waals surface area contributed by atoms with Crippen molar-refractivity contribution in [3.05, 3.63) is 11.8 Å². The van der Waals surface area contributed by atoms with Gasteiger partial charge in [0.05, 0.1) is 5.60 Å². The Morgan fingerprint density at radius 1 is 1.70 bits per heavy atom. The van der Waals surface area contributed by atoms with E-state index in [-0.39, 0.29) is 0 Å². The molecule has 0 aliphatic rings. The van der Waals surface area contributed by atoms with Crippen molar-refractivity contribution in [1.29, 1.82) is 0 Å². The summed E-state index contributed by atoms with van der Waals surface area (Å²) in [6.07, 6.45) is 2.57. The highest BCUT2D eigenvalue weighted by molar-refractivity contribution is 5.10. The van der Waals surface area contributed by atoms with Crippen LogP contribution in [-0.4, -0.2) is 17.8 Å². The van der Waals surface area contributed by atoms with Crippen molar-refractivity contribution in [1.82, 2.24) is 5.32 Å². The molecule has 10 heavy (non-hydrogen) atoms. The van der Waals surface area contributed by atoms with Crippen LogP contribution in [0.4, 0.5) is 0 Å². The zero-order chi connectivity index (χ0) is 8.20. The molecule has 60 valence electrons. The van der Waals surface area contributed by atoms with E-state index in [1.54, 1.807) is 0 Å². The first-order valence-electron chi connectivity index (χ1n) is 3.61. The molecule has 0 amide bonds. The summed E-state index contributed by atoms with van der Waals surface area (Å²) in [5.41, 5.74) is 0.320. The topological polar surface area (TPSA) is 32.3 Å². The van der Waals surface area contributed by atoms with Crippen molar-refractivity contribution in [2.75, 3.05) is 7.05 Å². The van der Waals surface area contributed by atoms with Gasteiger partial charge < -0.3 is 10.4 Å². The van der Waals surface area contributed by atoms with E-state index in [0.717, 1.165) is 12.0 Å².